The Morgan fingerprint density at radius 3 is 2.37 bits per heavy atom. The van der Waals surface area contributed by atoms with E-state index in [1.807, 2.05) is 60.7 Å². The minimum atomic E-state index is 0.490. The lowest BCUT2D eigenvalue weighted by Crippen LogP contribution is -2.14. The lowest BCUT2D eigenvalue weighted by molar-refractivity contribution is 0.0235. The number of benzene rings is 3. The predicted molar refractivity (Wildman–Crippen MR) is 130 cm³/mol. The van der Waals surface area contributed by atoms with Crippen LogP contribution in [0, 0.1) is 12.2 Å². The summed E-state index contributed by atoms with van der Waals surface area (Å²) in [6.45, 7) is 1.03. The molecule has 4 rings (SSSR count). The van der Waals surface area contributed by atoms with Crippen molar-refractivity contribution in [2.45, 2.75) is 13.2 Å². The topological polar surface area (TPSA) is 99.0 Å². The summed E-state index contributed by atoms with van der Waals surface area (Å²) >= 11 is 0. The summed E-state index contributed by atoms with van der Waals surface area (Å²) in [7, 11) is 1.57. The second-order valence-electron chi connectivity index (χ2n) is 7.19. The number of oxazole rings is 1. The lowest BCUT2D eigenvalue weighted by atomic mass is 10.1. The van der Waals surface area contributed by atoms with Gasteiger partial charge in [0.2, 0.25) is 0 Å². The number of methoxy groups -OCH3 is 1. The summed E-state index contributed by atoms with van der Waals surface area (Å²) in [6.07, 6.45) is 7.80. The van der Waals surface area contributed by atoms with Crippen molar-refractivity contribution in [3.05, 3.63) is 96.5 Å². The minimum Gasteiger partial charge on any atom is -0.496 e. The molecular weight excluding hydrogens is 448 g/mol. The van der Waals surface area contributed by atoms with Crippen molar-refractivity contribution in [2.24, 2.45) is 0 Å². The van der Waals surface area contributed by atoms with Crippen LogP contribution in [0.3, 0.4) is 0 Å². The molecule has 0 amide bonds. The maximum absolute atomic E-state index is 5.50. The zero-order valence-electron chi connectivity index (χ0n) is 19.0. The van der Waals surface area contributed by atoms with Gasteiger partial charge in [0.15, 0.2) is 24.4 Å². The van der Waals surface area contributed by atoms with Crippen molar-refractivity contribution in [3.63, 3.8) is 0 Å². The third-order valence-corrected chi connectivity index (χ3v) is 4.77. The van der Waals surface area contributed by atoms with Gasteiger partial charge in [0.1, 0.15) is 5.75 Å². The molecule has 3 N–H and O–H groups in total. The molecule has 3 aromatic carbocycles. The highest BCUT2D eigenvalue weighted by Gasteiger charge is 2.10. The van der Waals surface area contributed by atoms with Gasteiger partial charge in [-0.05, 0) is 35.4 Å². The molecule has 0 saturated carbocycles. The first-order valence-electron chi connectivity index (χ1n) is 10.7. The molecule has 9 nitrogen and oxygen atoms in total. The Kier molecular flexibility index (Phi) is 8.43. The van der Waals surface area contributed by atoms with E-state index in [-0.39, 0.29) is 0 Å². The van der Waals surface area contributed by atoms with Gasteiger partial charge in [0.05, 0.1) is 36.9 Å². The Labute approximate surface area is 202 Å². The van der Waals surface area contributed by atoms with Crippen LogP contribution in [0.1, 0.15) is 11.1 Å². The molecule has 0 atom stereocenters. The Hall–Kier alpha value is -4.65. The molecule has 178 valence electrons. The maximum Gasteiger partial charge on any atom is 0.192 e. The molecule has 0 fully saturated rings. The second-order valence-corrected chi connectivity index (χ2v) is 7.19. The van der Waals surface area contributed by atoms with Gasteiger partial charge in [0, 0.05) is 12.6 Å². The summed E-state index contributed by atoms with van der Waals surface area (Å²) < 4.78 is 10.7. The molecule has 0 aliphatic carbocycles. The van der Waals surface area contributed by atoms with Gasteiger partial charge in [-0.25, -0.2) is 15.9 Å². The number of anilines is 2. The summed E-state index contributed by atoms with van der Waals surface area (Å²) in [4.78, 5) is 19.7. The summed E-state index contributed by atoms with van der Waals surface area (Å²) in [5.41, 5.74) is 12.7. The van der Waals surface area contributed by atoms with E-state index in [0.29, 0.717) is 30.3 Å². The third kappa shape index (κ3) is 7.17. The Morgan fingerprint density at radius 2 is 1.63 bits per heavy atom. The van der Waals surface area contributed by atoms with Crippen molar-refractivity contribution in [1.82, 2.24) is 10.5 Å². The quantitative estimate of drug-likeness (QED) is 0.160. The molecule has 9 heteroatoms. The fourth-order valence-corrected chi connectivity index (χ4v) is 3.11. The first kappa shape index (κ1) is 23.5. The van der Waals surface area contributed by atoms with E-state index in [2.05, 4.69) is 33.6 Å². The van der Waals surface area contributed by atoms with Crippen LogP contribution >= 0.6 is 0 Å². The molecule has 0 saturated heterocycles. The van der Waals surface area contributed by atoms with E-state index in [4.69, 9.17) is 23.7 Å². The van der Waals surface area contributed by atoms with E-state index in [1.54, 1.807) is 25.4 Å². The van der Waals surface area contributed by atoms with E-state index >= 15 is 0 Å². The maximum atomic E-state index is 5.50. The van der Waals surface area contributed by atoms with E-state index in [9.17, 15) is 0 Å². The fourth-order valence-electron chi connectivity index (χ4n) is 3.11. The average molecular weight is 473 g/mol. The van der Waals surface area contributed by atoms with Crippen molar-refractivity contribution in [2.75, 3.05) is 18.1 Å². The number of nitrogens with one attached hydrogen (secondary N) is 3. The van der Waals surface area contributed by atoms with Crippen LogP contribution in [0.4, 0.5) is 11.4 Å². The van der Waals surface area contributed by atoms with Gasteiger partial charge in [-0.1, -0.05) is 42.5 Å². The highest BCUT2D eigenvalue weighted by atomic mass is 16.7. The fraction of sp³-hybridized carbons (Fsp3) is 0.115. The standard InChI is InChI=1S/C26H24N4O5/c1-31-25-15-23(10-11-24(25)26-17-27-19-32-26)30-34-13-12-33-29-22-9-5-8-21(14-22)16-28-35-18-20-6-3-2-4-7-20/h2-11,14-15,17,19,28-30H,16,18H2,1H3. The number of nitrogens with zero attached hydrogens (tertiary/aromatic N) is 1. The van der Waals surface area contributed by atoms with Crippen molar-refractivity contribution in [1.29, 1.82) is 0 Å². The molecular formula is C26H24N4O5. The first-order valence-corrected chi connectivity index (χ1v) is 10.7. The second kappa shape index (κ2) is 12.6. The Balaban J connectivity index is 1.18. The number of hydroxylamine groups is 1. The van der Waals surface area contributed by atoms with Crippen LogP contribution in [0.2, 0.25) is 0 Å². The summed E-state index contributed by atoms with van der Waals surface area (Å²) in [5, 5.41) is 0. The Bertz CT molecular complexity index is 1250. The van der Waals surface area contributed by atoms with E-state index in [1.165, 1.54) is 6.39 Å². The van der Waals surface area contributed by atoms with Crippen molar-refractivity contribution in [3.8, 4) is 29.3 Å². The van der Waals surface area contributed by atoms with Crippen molar-refractivity contribution >= 4 is 11.4 Å². The normalized spacial score (nSPS) is 10.1. The molecule has 0 aliphatic rings. The largest absolute Gasteiger partial charge is 0.496 e. The van der Waals surface area contributed by atoms with Gasteiger partial charge in [-0.15, -0.1) is 0 Å². The van der Waals surface area contributed by atoms with E-state index in [0.717, 1.165) is 22.4 Å². The van der Waals surface area contributed by atoms with Crippen LogP contribution in [0.25, 0.3) is 11.3 Å². The third-order valence-electron chi connectivity index (χ3n) is 4.77. The number of hydrogen-bond donors (Lipinski definition) is 3. The number of ether oxygens (including phenoxy) is 1. The molecule has 0 radical (unpaired) electrons. The molecule has 4 aromatic rings. The summed E-state index contributed by atoms with van der Waals surface area (Å²) in [5.74, 6) is 1.20. The molecule has 0 aliphatic heterocycles. The zero-order chi connectivity index (χ0) is 24.1. The predicted octanol–water partition coefficient (Wildman–Crippen LogP) is 4.88. The van der Waals surface area contributed by atoms with Crippen LogP contribution < -0.4 is 21.2 Å². The number of hydrogen-bond acceptors (Lipinski definition) is 9. The smallest absolute Gasteiger partial charge is 0.192 e. The van der Waals surface area contributed by atoms with Gasteiger partial charge in [-0.3, -0.25) is 4.84 Å². The highest BCUT2D eigenvalue weighted by Crippen LogP contribution is 2.32. The van der Waals surface area contributed by atoms with Gasteiger partial charge < -0.3 is 18.8 Å². The van der Waals surface area contributed by atoms with Crippen molar-refractivity contribution < 1.29 is 23.7 Å². The Morgan fingerprint density at radius 1 is 0.857 bits per heavy atom. The van der Waals surface area contributed by atoms with Crippen LogP contribution in [-0.4, -0.2) is 12.1 Å². The SMILES string of the molecule is COc1cc(NOC#CONc2cccc(CNOCc3ccccc3)c2)ccc1-c1cnco1. The average Bonchev–Trinajstić information content (AvgIpc) is 3.44. The van der Waals surface area contributed by atoms with Crippen LogP contribution in [-0.2, 0) is 27.7 Å². The highest BCUT2D eigenvalue weighted by molar-refractivity contribution is 5.69. The lowest BCUT2D eigenvalue weighted by Gasteiger charge is -2.09. The van der Waals surface area contributed by atoms with Gasteiger partial charge >= 0.3 is 0 Å². The number of aromatic nitrogens is 1. The van der Waals surface area contributed by atoms with Gasteiger partial charge in [-0.2, -0.15) is 5.48 Å². The monoisotopic (exact) mass is 472 g/mol. The molecule has 0 spiro atoms. The molecule has 0 bridgehead atoms. The zero-order valence-corrected chi connectivity index (χ0v) is 19.0. The number of rotatable bonds is 11. The molecule has 1 heterocycles. The molecule has 1 aromatic heterocycles. The molecule has 0 unspecified atom stereocenters. The summed E-state index contributed by atoms with van der Waals surface area (Å²) in [6, 6.07) is 23.0. The van der Waals surface area contributed by atoms with Crippen LogP contribution in [0.5, 0.6) is 5.75 Å². The van der Waals surface area contributed by atoms with Crippen LogP contribution in [0.15, 0.2) is 89.8 Å². The molecule has 35 heavy (non-hydrogen) atoms. The van der Waals surface area contributed by atoms with Gasteiger partial charge in [0.25, 0.3) is 0 Å². The first-order chi connectivity index (χ1) is 17.3. The minimum absolute atomic E-state index is 0.490. The van der Waals surface area contributed by atoms with E-state index < -0.39 is 0 Å².